The van der Waals surface area contributed by atoms with Gasteiger partial charge in [0.1, 0.15) is 5.75 Å². The molecule has 1 amide bonds. The molecule has 0 spiro atoms. The fourth-order valence-corrected chi connectivity index (χ4v) is 2.83. The molecule has 0 aromatic heterocycles. The van der Waals surface area contributed by atoms with E-state index in [4.69, 9.17) is 10.5 Å². The SMILES string of the molecule is CCOc1ccc(C(=O)CCC(=O)N2CCC(C)(CN)C2)cc1. The van der Waals surface area contributed by atoms with Crippen molar-refractivity contribution in [2.75, 3.05) is 26.2 Å². The van der Waals surface area contributed by atoms with E-state index in [0.717, 1.165) is 18.7 Å². The topological polar surface area (TPSA) is 72.6 Å². The first kappa shape index (κ1) is 17.5. The number of nitrogens with zero attached hydrogens (tertiary/aromatic N) is 1. The summed E-state index contributed by atoms with van der Waals surface area (Å²) in [7, 11) is 0. The Hall–Kier alpha value is -1.88. The standard InChI is InChI=1S/C18H26N2O3/c1-3-23-15-6-4-14(5-7-15)16(21)8-9-17(22)20-11-10-18(2,12-19)13-20/h4-7H,3,8-13,19H2,1-2H3. The lowest BCUT2D eigenvalue weighted by atomic mass is 9.90. The molecule has 1 unspecified atom stereocenters. The van der Waals surface area contributed by atoms with Crippen LogP contribution >= 0.6 is 0 Å². The number of Topliss-reactive ketones (excluding diaryl/α,β-unsaturated/α-hetero) is 1. The molecule has 0 saturated carbocycles. The van der Waals surface area contributed by atoms with Gasteiger partial charge in [0, 0.05) is 31.5 Å². The van der Waals surface area contributed by atoms with Crippen LogP contribution in [-0.4, -0.2) is 42.8 Å². The zero-order valence-electron chi connectivity index (χ0n) is 14.0. The number of hydrogen-bond acceptors (Lipinski definition) is 4. The van der Waals surface area contributed by atoms with E-state index in [2.05, 4.69) is 6.92 Å². The summed E-state index contributed by atoms with van der Waals surface area (Å²) >= 11 is 0. The quantitative estimate of drug-likeness (QED) is 0.783. The molecule has 0 bridgehead atoms. The molecular formula is C18H26N2O3. The predicted octanol–water partition coefficient (Wildman–Crippen LogP) is 2.25. The monoisotopic (exact) mass is 318 g/mol. The van der Waals surface area contributed by atoms with Crippen molar-refractivity contribution in [1.82, 2.24) is 4.90 Å². The number of amides is 1. The van der Waals surface area contributed by atoms with Crippen molar-refractivity contribution in [3.05, 3.63) is 29.8 Å². The molecule has 2 N–H and O–H groups in total. The zero-order chi connectivity index (χ0) is 16.9. The predicted molar refractivity (Wildman–Crippen MR) is 89.5 cm³/mol. The van der Waals surface area contributed by atoms with E-state index in [1.54, 1.807) is 24.3 Å². The number of hydrogen-bond donors (Lipinski definition) is 1. The van der Waals surface area contributed by atoms with Crippen LogP contribution in [0, 0.1) is 5.41 Å². The third-order valence-corrected chi connectivity index (χ3v) is 4.46. The van der Waals surface area contributed by atoms with Gasteiger partial charge in [0.25, 0.3) is 0 Å². The number of ketones is 1. The van der Waals surface area contributed by atoms with E-state index in [1.807, 2.05) is 11.8 Å². The molecule has 1 fully saturated rings. The largest absolute Gasteiger partial charge is 0.494 e. The maximum absolute atomic E-state index is 12.2. The van der Waals surface area contributed by atoms with E-state index < -0.39 is 0 Å². The number of benzene rings is 1. The summed E-state index contributed by atoms with van der Waals surface area (Å²) < 4.78 is 5.35. The highest BCUT2D eigenvalue weighted by Crippen LogP contribution is 2.29. The molecule has 1 heterocycles. The van der Waals surface area contributed by atoms with Crippen molar-refractivity contribution in [2.24, 2.45) is 11.1 Å². The minimum atomic E-state index is -0.0119. The van der Waals surface area contributed by atoms with Crippen molar-refractivity contribution in [3.8, 4) is 5.75 Å². The van der Waals surface area contributed by atoms with Gasteiger partial charge in [0.05, 0.1) is 6.61 Å². The molecule has 0 aliphatic carbocycles. The molecule has 1 saturated heterocycles. The summed E-state index contributed by atoms with van der Waals surface area (Å²) in [6, 6.07) is 7.07. The second kappa shape index (κ2) is 7.59. The Morgan fingerprint density at radius 1 is 1.26 bits per heavy atom. The highest BCUT2D eigenvalue weighted by atomic mass is 16.5. The summed E-state index contributed by atoms with van der Waals surface area (Å²) in [6.07, 6.45) is 1.43. The number of nitrogens with two attached hydrogens (primary N) is 1. The van der Waals surface area contributed by atoms with E-state index >= 15 is 0 Å². The molecule has 1 aromatic carbocycles. The summed E-state index contributed by atoms with van der Waals surface area (Å²) in [5.74, 6) is 0.780. The molecule has 23 heavy (non-hydrogen) atoms. The lowest BCUT2D eigenvalue weighted by molar-refractivity contribution is -0.130. The first-order valence-electron chi connectivity index (χ1n) is 8.21. The number of rotatable bonds is 7. The molecule has 2 rings (SSSR count). The van der Waals surface area contributed by atoms with E-state index in [9.17, 15) is 9.59 Å². The molecular weight excluding hydrogens is 292 g/mol. The van der Waals surface area contributed by atoms with Crippen LogP contribution < -0.4 is 10.5 Å². The summed E-state index contributed by atoms with van der Waals surface area (Å²) in [5, 5.41) is 0. The third kappa shape index (κ3) is 4.55. The number of carbonyl (C=O) groups is 2. The Morgan fingerprint density at radius 2 is 1.96 bits per heavy atom. The van der Waals surface area contributed by atoms with E-state index in [0.29, 0.717) is 25.3 Å². The Morgan fingerprint density at radius 3 is 2.52 bits per heavy atom. The van der Waals surface area contributed by atoms with Gasteiger partial charge in [-0.15, -0.1) is 0 Å². The highest BCUT2D eigenvalue weighted by molar-refractivity contribution is 5.98. The van der Waals surface area contributed by atoms with Crippen molar-refractivity contribution in [1.29, 1.82) is 0 Å². The van der Waals surface area contributed by atoms with Gasteiger partial charge in [-0.3, -0.25) is 9.59 Å². The van der Waals surface area contributed by atoms with Gasteiger partial charge in [-0.1, -0.05) is 6.92 Å². The minimum Gasteiger partial charge on any atom is -0.494 e. The minimum absolute atomic E-state index is 0.0119. The number of carbonyl (C=O) groups excluding carboxylic acids is 2. The summed E-state index contributed by atoms with van der Waals surface area (Å²) in [6.45, 7) is 6.63. The fourth-order valence-electron chi connectivity index (χ4n) is 2.83. The van der Waals surface area contributed by atoms with E-state index in [-0.39, 0.29) is 29.9 Å². The second-order valence-corrected chi connectivity index (χ2v) is 6.46. The van der Waals surface area contributed by atoms with Gasteiger partial charge < -0.3 is 15.4 Å². The number of likely N-dealkylation sites (tertiary alicyclic amines) is 1. The van der Waals surface area contributed by atoms with Gasteiger partial charge in [-0.2, -0.15) is 0 Å². The summed E-state index contributed by atoms with van der Waals surface area (Å²) in [5.41, 5.74) is 6.40. The van der Waals surface area contributed by atoms with Crippen LogP contribution in [0.3, 0.4) is 0 Å². The smallest absolute Gasteiger partial charge is 0.223 e. The van der Waals surface area contributed by atoms with Gasteiger partial charge in [0.15, 0.2) is 5.78 Å². The molecule has 126 valence electrons. The number of ether oxygens (including phenoxy) is 1. The van der Waals surface area contributed by atoms with Crippen molar-refractivity contribution >= 4 is 11.7 Å². The van der Waals surface area contributed by atoms with Crippen LogP contribution in [0.15, 0.2) is 24.3 Å². The Labute approximate surface area is 137 Å². The molecule has 5 heteroatoms. The van der Waals surface area contributed by atoms with Crippen LogP contribution in [0.5, 0.6) is 5.75 Å². The molecule has 0 radical (unpaired) electrons. The Kier molecular flexibility index (Phi) is 5.77. The van der Waals surface area contributed by atoms with Gasteiger partial charge in [-0.05, 0) is 49.6 Å². The van der Waals surface area contributed by atoms with Crippen LogP contribution in [0.25, 0.3) is 0 Å². The van der Waals surface area contributed by atoms with Crippen LogP contribution in [0.2, 0.25) is 0 Å². The normalized spacial score (nSPS) is 20.6. The van der Waals surface area contributed by atoms with Crippen molar-refractivity contribution in [3.63, 3.8) is 0 Å². The van der Waals surface area contributed by atoms with Gasteiger partial charge >= 0.3 is 0 Å². The van der Waals surface area contributed by atoms with Crippen LogP contribution in [-0.2, 0) is 4.79 Å². The van der Waals surface area contributed by atoms with Gasteiger partial charge in [-0.25, -0.2) is 0 Å². The lowest BCUT2D eigenvalue weighted by Crippen LogP contribution is -2.34. The van der Waals surface area contributed by atoms with Gasteiger partial charge in [0.2, 0.25) is 5.91 Å². The molecule has 1 aliphatic heterocycles. The fraction of sp³-hybridized carbons (Fsp3) is 0.556. The van der Waals surface area contributed by atoms with E-state index in [1.165, 1.54) is 0 Å². The Bertz CT molecular complexity index is 556. The third-order valence-electron chi connectivity index (χ3n) is 4.46. The Balaban J connectivity index is 1.83. The first-order valence-corrected chi connectivity index (χ1v) is 8.21. The molecule has 5 nitrogen and oxygen atoms in total. The molecule has 1 aliphatic rings. The average molecular weight is 318 g/mol. The summed E-state index contributed by atoms with van der Waals surface area (Å²) in [4.78, 5) is 26.3. The zero-order valence-corrected chi connectivity index (χ0v) is 14.0. The maximum atomic E-state index is 12.2. The lowest BCUT2D eigenvalue weighted by Gasteiger charge is -2.22. The van der Waals surface area contributed by atoms with Crippen LogP contribution in [0.4, 0.5) is 0 Å². The second-order valence-electron chi connectivity index (χ2n) is 6.46. The maximum Gasteiger partial charge on any atom is 0.223 e. The van der Waals surface area contributed by atoms with Crippen LogP contribution in [0.1, 0.15) is 43.5 Å². The highest BCUT2D eigenvalue weighted by Gasteiger charge is 2.34. The van der Waals surface area contributed by atoms with Crippen molar-refractivity contribution < 1.29 is 14.3 Å². The van der Waals surface area contributed by atoms with Crippen molar-refractivity contribution in [2.45, 2.75) is 33.1 Å². The molecule has 1 atom stereocenters. The first-order chi connectivity index (χ1) is 11.0. The average Bonchev–Trinajstić information content (AvgIpc) is 2.96. The molecule has 1 aromatic rings.